The lowest BCUT2D eigenvalue weighted by molar-refractivity contribution is -0.159. The molecule has 1 heterocycles. The Labute approximate surface area is 157 Å². The maximum Gasteiger partial charge on any atom is 0.414 e. The second-order valence-corrected chi connectivity index (χ2v) is 6.33. The van der Waals surface area contributed by atoms with E-state index in [1.807, 2.05) is 18.2 Å². The van der Waals surface area contributed by atoms with Crippen LogP contribution in [-0.2, 0) is 9.59 Å². The van der Waals surface area contributed by atoms with Crippen molar-refractivity contribution >= 4 is 11.9 Å². The summed E-state index contributed by atoms with van der Waals surface area (Å²) < 4.78 is 6.16. The largest absolute Gasteiger partial charge is 0.508 e. The van der Waals surface area contributed by atoms with Crippen molar-refractivity contribution in [3.63, 3.8) is 0 Å². The van der Waals surface area contributed by atoms with Gasteiger partial charge in [0.05, 0.1) is 0 Å². The van der Waals surface area contributed by atoms with Gasteiger partial charge >= 0.3 is 11.9 Å². The average Bonchev–Trinajstić information content (AvgIpc) is 2.64. The molecule has 2 aromatic rings. The van der Waals surface area contributed by atoms with Gasteiger partial charge in [0.25, 0.3) is 0 Å². The summed E-state index contributed by atoms with van der Waals surface area (Å²) in [6, 6.07) is 17.6. The molecule has 0 aliphatic carbocycles. The van der Waals surface area contributed by atoms with Crippen LogP contribution in [0.2, 0.25) is 0 Å². The summed E-state index contributed by atoms with van der Waals surface area (Å²) in [5.74, 6) is -2.31. The van der Waals surface area contributed by atoms with Gasteiger partial charge in [-0.2, -0.15) is 0 Å². The highest BCUT2D eigenvalue weighted by Gasteiger charge is 2.30. The molecular formula is C20H23NO6. The van der Waals surface area contributed by atoms with E-state index < -0.39 is 11.9 Å². The number of phenolic OH excluding ortho intramolecular Hbond substituents is 1. The minimum atomic E-state index is -1.82. The van der Waals surface area contributed by atoms with E-state index in [4.69, 9.17) is 24.5 Å². The predicted octanol–water partition coefficient (Wildman–Crippen LogP) is 2.41. The zero-order valence-electron chi connectivity index (χ0n) is 15.0. The fraction of sp³-hybridized carbons (Fsp3) is 0.300. The van der Waals surface area contributed by atoms with Gasteiger partial charge < -0.3 is 25.0 Å². The van der Waals surface area contributed by atoms with Gasteiger partial charge in [0.15, 0.2) is 0 Å². The summed E-state index contributed by atoms with van der Waals surface area (Å²) in [6.45, 7) is 2.03. The first-order chi connectivity index (χ1) is 12.9. The van der Waals surface area contributed by atoms with Gasteiger partial charge in [-0.15, -0.1) is 0 Å². The zero-order valence-corrected chi connectivity index (χ0v) is 15.0. The molecule has 2 aromatic carbocycles. The number of aromatic hydroxyl groups is 1. The Bertz CT molecular complexity index is 752. The van der Waals surface area contributed by atoms with Crippen molar-refractivity contribution in [2.75, 3.05) is 20.1 Å². The van der Waals surface area contributed by atoms with Gasteiger partial charge in [-0.25, -0.2) is 9.59 Å². The molecule has 3 rings (SSSR count). The first-order valence-electron chi connectivity index (χ1n) is 8.52. The van der Waals surface area contributed by atoms with Crippen molar-refractivity contribution in [2.24, 2.45) is 0 Å². The molecule has 7 nitrogen and oxygen atoms in total. The summed E-state index contributed by atoms with van der Waals surface area (Å²) in [5, 5.41) is 24.4. The maximum absolute atomic E-state index is 9.58. The molecule has 144 valence electrons. The zero-order chi connectivity index (χ0) is 19.8. The molecule has 7 heteroatoms. The third kappa shape index (κ3) is 6.31. The lowest BCUT2D eigenvalue weighted by Gasteiger charge is -2.37. The molecule has 1 aliphatic heterocycles. The van der Waals surface area contributed by atoms with Gasteiger partial charge in [0, 0.05) is 25.1 Å². The molecule has 0 spiro atoms. The molecule has 1 fully saturated rings. The monoisotopic (exact) mass is 373 g/mol. The van der Waals surface area contributed by atoms with Crippen molar-refractivity contribution in [1.29, 1.82) is 0 Å². The fourth-order valence-electron chi connectivity index (χ4n) is 2.99. The van der Waals surface area contributed by atoms with E-state index in [9.17, 15) is 5.11 Å². The number of likely N-dealkylation sites (N-methyl/N-ethyl adjacent to an activating group) is 1. The average molecular weight is 373 g/mol. The van der Waals surface area contributed by atoms with Crippen molar-refractivity contribution in [1.82, 2.24) is 4.90 Å². The Balaban J connectivity index is 0.000000380. The van der Waals surface area contributed by atoms with Crippen molar-refractivity contribution in [3.05, 3.63) is 60.2 Å². The SMILES string of the molecule is CN1CC[C@@H](Oc2cccc(O)c2)[C@H](c2ccccc2)C1.O=C(O)C(=O)O. The van der Waals surface area contributed by atoms with E-state index in [2.05, 4.69) is 36.2 Å². The van der Waals surface area contributed by atoms with Gasteiger partial charge in [-0.1, -0.05) is 36.4 Å². The van der Waals surface area contributed by atoms with E-state index in [0.29, 0.717) is 5.92 Å². The van der Waals surface area contributed by atoms with Crippen LogP contribution in [0.5, 0.6) is 11.5 Å². The number of phenols is 1. The summed E-state index contributed by atoms with van der Waals surface area (Å²) in [7, 11) is 2.15. The number of aliphatic carboxylic acids is 2. The molecular weight excluding hydrogens is 350 g/mol. The highest BCUT2D eigenvalue weighted by molar-refractivity contribution is 6.27. The van der Waals surface area contributed by atoms with Gasteiger partial charge in [-0.3, -0.25) is 0 Å². The Morgan fingerprint density at radius 1 is 1.04 bits per heavy atom. The molecule has 3 N–H and O–H groups in total. The number of nitrogens with zero attached hydrogens (tertiary/aromatic N) is 1. The van der Waals surface area contributed by atoms with E-state index >= 15 is 0 Å². The predicted molar refractivity (Wildman–Crippen MR) is 99.1 cm³/mol. The number of hydrogen-bond donors (Lipinski definition) is 3. The summed E-state index contributed by atoms with van der Waals surface area (Å²) in [6.07, 6.45) is 1.14. The molecule has 0 saturated carbocycles. The van der Waals surface area contributed by atoms with E-state index in [-0.39, 0.29) is 11.9 Å². The van der Waals surface area contributed by atoms with E-state index in [1.165, 1.54) is 5.56 Å². The summed E-state index contributed by atoms with van der Waals surface area (Å²) in [5.41, 5.74) is 1.31. The third-order valence-electron chi connectivity index (χ3n) is 4.27. The second-order valence-electron chi connectivity index (χ2n) is 6.33. The van der Waals surface area contributed by atoms with Gasteiger partial charge in [0.1, 0.15) is 17.6 Å². The highest BCUT2D eigenvalue weighted by Crippen LogP contribution is 2.31. The number of carboxylic acid groups (broad SMARTS) is 2. The minimum Gasteiger partial charge on any atom is -0.508 e. The molecule has 0 unspecified atom stereocenters. The molecule has 0 radical (unpaired) electrons. The number of carboxylic acids is 2. The molecule has 2 atom stereocenters. The molecule has 0 amide bonds. The Kier molecular flexibility index (Phi) is 7.19. The smallest absolute Gasteiger partial charge is 0.414 e. The lowest BCUT2D eigenvalue weighted by atomic mass is 9.88. The highest BCUT2D eigenvalue weighted by atomic mass is 16.5. The maximum atomic E-state index is 9.58. The van der Waals surface area contributed by atoms with Crippen LogP contribution < -0.4 is 4.74 Å². The molecule has 0 bridgehead atoms. The Morgan fingerprint density at radius 2 is 1.70 bits per heavy atom. The Morgan fingerprint density at radius 3 is 2.30 bits per heavy atom. The number of carbonyl (C=O) groups is 2. The number of hydrogen-bond acceptors (Lipinski definition) is 5. The van der Waals surface area contributed by atoms with Crippen LogP contribution in [0.1, 0.15) is 17.9 Å². The number of rotatable bonds is 3. The van der Waals surface area contributed by atoms with Crippen molar-refractivity contribution in [2.45, 2.75) is 18.4 Å². The number of likely N-dealkylation sites (tertiary alicyclic amines) is 1. The fourth-order valence-corrected chi connectivity index (χ4v) is 2.99. The second kappa shape index (κ2) is 9.59. The first-order valence-corrected chi connectivity index (χ1v) is 8.52. The van der Waals surface area contributed by atoms with Crippen LogP contribution in [0.15, 0.2) is 54.6 Å². The summed E-state index contributed by atoms with van der Waals surface area (Å²) >= 11 is 0. The lowest BCUT2D eigenvalue weighted by Crippen LogP contribution is -2.42. The van der Waals surface area contributed by atoms with Crippen LogP contribution in [0.25, 0.3) is 0 Å². The molecule has 1 saturated heterocycles. The number of benzene rings is 2. The topological polar surface area (TPSA) is 107 Å². The molecule has 27 heavy (non-hydrogen) atoms. The van der Waals surface area contributed by atoms with Crippen LogP contribution in [-0.4, -0.2) is 58.4 Å². The quantitative estimate of drug-likeness (QED) is 0.709. The van der Waals surface area contributed by atoms with Crippen molar-refractivity contribution < 1.29 is 29.6 Å². The van der Waals surface area contributed by atoms with Crippen LogP contribution in [0, 0.1) is 0 Å². The molecule has 0 aromatic heterocycles. The van der Waals surface area contributed by atoms with E-state index in [0.717, 1.165) is 25.3 Å². The summed E-state index contributed by atoms with van der Waals surface area (Å²) in [4.78, 5) is 20.5. The normalized spacial score (nSPS) is 19.4. The van der Waals surface area contributed by atoms with Crippen LogP contribution in [0.3, 0.4) is 0 Å². The van der Waals surface area contributed by atoms with Crippen LogP contribution >= 0.6 is 0 Å². The number of ether oxygens (including phenoxy) is 1. The first kappa shape index (κ1) is 20.3. The molecule has 1 aliphatic rings. The van der Waals surface area contributed by atoms with Gasteiger partial charge in [0.2, 0.25) is 0 Å². The number of piperidine rings is 1. The minimum absolute atomic E-state index is 0.144. The Hall–Kier alpha value is -3.06. The van der Waals surface area contributed by atoms with Gasteiger partial charge in [-0.05, 0) is 31.2 Å². The van der Waals surface area contributed by atoms with E-state index in [1.54, 1.807) is 12.1 Å². The third-order valence-corrected chi connectivity index (χ3v) is 4.27. The van der Waals surface area contributed by atoms with Crippen molar-refractivity contribution in [3.8, 4) is 11.5 Å². The van der Waals surface area contributed by atoms with Crippen LogP contribution in [0.4, 0.5) is 0 Å². The standard InChI is InChI=1S/C18H21NO2.C2H2O4/c1-19-11-10-18(21-16-9-5-8-15(20)12-16)17(13-19)14-6-3-2-4-7-14;3-1(4)2(5)6/h2-9,12,17-18,20H,10-11,13H2,1H3;(H,3,4)(H,5,6)/t17-,18+;/m0./s1.